The van der Waals surface area contributed by atoms with Crippen LogP contribution in [0.3, 0.4) is 0 Å². The lowest BCUT2D eigenvalue weighted by molar-refractivity contribution is 0.0664. The zero-order chi connectivity index (χ0) is 12.4. The topological polar surface area (TPSA) is 49.6 Å². The first-order valence-electron chi connectivity index (χ1n) is 5.61. The molecule has 2 rings (SSSR count). The molecule has 4 nitrogen and oxygen atoms in total. The number of halogens is 1. The Balaban J connectivity index is 2.11. The minimum Gasteiger partial charge on any atom is -0.398 e. The van der Waals surface area contributed by atoms with E-state index >= 15 is 0 Å². The molecule has 92 valence electrons. The van der Waals surface area contributed by atoms with E-state index in [-0.39, 0.29) is 5.91 Å². The molecule has 1 saturated heterocycles. The maximum atomic E-state index is 12.2. The van der Waals surface area contributed by atoms with Crippen molar-refractivity contribution in [2.24, 2.45) is 0 Å². The van der Waals surface area contributed by atoms with Crippen LogP contribution in [0.5, 0.6) is 0 Å². The summed E-state index contributed by atoms with van der Waals surface area (Å²) in [6.07, 6.45) is 0. The second-order valence-electron chi connectivity index (χ2n) is 4.33. The van der Waals surface area contributed by atoms with Crippen molar-refractivity contribution in [3.05, 3.63) is 28.8 Å². The summed E-state index contributed by atoms with van der Waals surface area (Å²) in [5.41, 5.74) is 6.73. The largest absolute Gasteiger partial charge is 0.398 e. The Morgan fingerprint density at radius 1 is 1.29 bits per heavy atom. The first-order chi connectivity index (χ1) is 8.08. The van der Waals surface area contributed by atoms with Gasteiger partial charge in [0.2, 0.25) is 0 Å². The molecule has 0 atom stereocenters. The molecule has 0 aliphatic carbocycles. The highest BCUT2D eigenvalue weighted by atomic mass is 35.5. The molecule has 0 bridgehead atoms. The Labute approximate surface area is 106 Å². The lowest BCUT2D eigenvalue weighted by Gasteiger charge is -2.32. The fourth-order valence-corrected chi connectivity index (χ4v) is 2.03. The molecule has 0 spiro atoms. The summed E-state index contributed by atoms with van der Waals surface area (Å²) < 4.78 is 0. The molecular formula is C12H16ClN3O. The Morgan fingerprint density at radius 2 is 1.94 bits per heavy atom. The second-order valence-corrected chi connectivity index (χ2v) is 4.74. The van der Waals surface area contributed by atoms with Crippen LogP contribution >= 0.6 is 11.6 Å². The van der Waals surface area contributed by atoms with E-state index in [0.717, 1.165) is 26.2 Å². The maximum absolute atomic E-state index is 12.2. The third-order valence-electron chi connectivity index (χ3n) is 3.04. The molecule has 1 fully saturated rings. The molecule has 1 aromatic rings. The highest BCUT2D eigenvalue weighted by molar-refractivity contribution is 6.33. The highest BCUT2D eigenvalue weighted by Gasteiger charge is 2.20. The van der Waals surface area contributed by atoms with Gasteiger partial charge in [-0.2, -0.15) is 0 Å². The summed E-state index contributed by atoms with van der Waals surface area (Å²) in [5, 5.41) is 0.435. The lowest BCUT2D eigenvalue weighted by atomic mass is 10.1. The van der Waals surface area contributed by atoms with Crippen molar-refractivity contribution >= 4 is 23.2 Å². The number of nitrogens with zero attached hydrogens (tertiary/aromatic N) is 2. The summed E-state index contributed by atoms with van der Waals surface area (Å²) >= 11 is 5.92. The lowest BCUT2D eigenvalue weighted by Crippen LogP contribution is -2.47. The van der Waals surface area contributed by atoms with Crippen LogP contribution in [0.2, 0.25) is 5.02 Å². The minimum atomic E-state index is 0.0278. The van der Waals surface area contributed by atoms with Gasteiger partial charge in [0.25, 0.3) is 5.91 Å². The van der Waals surface area contributed by atoms with E-state index in [9.17, 15) is 4.79 Å². The number of likely N-dealkylation sites (N-methyl/N-ethyl adjacent to an activating group) is 1. The molecule has 0 unspecified atom stereocenters. The number of piperazine rings is 1. The molecule has 5 heteroatoms. The Hall–Kier alpha value is -1.26. The number of amides is 1. The number of anilines is 1. The summed E-state index contributed by atoms with van der Waals surface area (Å²) in [6, 6.07) is 5.03. The SMILES string of the molecule is CN1CCN(C(=O)c2ccc(N)c(Cl)c2)CC1. The predicted molar refractivity (Wildman–Crippen MR) is 69.3 cm³/mol. The molecular weight excluding hydrogens is 238 g/mol. The van der Waals surface area contributed by atoms with Crippen molar-refractivity contribution in [1.82, 2.24) is 9.80 Å². The van der Waals surface area contributed by atoms with Gasteiger partial charge in [-0.15, -0.1) is 0 Å². The number of nitrogen functional groups attached to an aromatic ring is 1. The molecule has 1 aliphatic heterocycles. The van der Waals surface area contributed by atoms with E-state index in [1.54, 1.807) is 18.2 Å². The molecule has 1 amide bonds. The van der Waals surface area contributed by atoms with Gasteiger partial charge >= 0.3 is 0 Å². The number of benzene rings is 1. The van der Waals surface area contributed by atoms with E-state index < -0.39 is 0 Å². The van der Waals surface area contributed by atoms with Gasteiger partial charge in [-0.3, -0.25) is 4.79 Å². The zero-order valence-electron chi connectivity index (χ0n) is 9.82. The molecule has 2 N–H and O–H groups in total. The van der Waals surface area contributed by atoms with E-state index in [1.165, 1.54) is 0 Å². The van der Waals surface area contributed by atoms with Gasteiger partial charge in [-0.05, 0) is 25.2 Å². The quantitative estimate of drug-likeness (QED) is 0.768. The summed E-state index contributed by atoms with van der Waals surface area (Å²) in [7, 11) is 2.06. The normalized spacial score (nSPS) is 17.2. The van der Waals surface area contributed by atoms with Gasteiger partial charge in [0, 0.05) is 31.7 Å². The van der Waals surface area contributed by atoms with Crippen molar-refractivity contribution in [2.45, 2.75) is 0 Å². The minimum absolute atomic E-state index is 0.0278. The van der Waals surface area contributed by atoms with Gasteiger partial charge < -0.3 is 15.5 Å². The molecule has 1 heterocycles. The Morgan fingerprint density at radius 3 is 2.53 bits per heavy atom. The van der Waals surface area contributed by atoms with E-state index in [0.29, 0.717) is 16.3 Å². The van der Waals surface area contributed by atoms with Crippen LogP contribution in [0.1, 0.15) is 10.4 Å². The molecule has 0 saturated carbocycles. The van der Waals surface area contributed by atoms with Crippen molar-refractivity contribution in [3.63, 3.8) is 0 Å². The fraction of sp³-hybridized carbons (Fsp3) is 0.417. The molecule has 0 aromatic heterocycles. The van der Waals surface area contributed by atoms with Gasteiger partial charge in [-0.25, -0.2) is 0 Å². The Kier molecular flexibility index (Phi) is 3.54. The monoisotopic (exact) mass is 253 g/mol. The van der Waals surface area contributed by atoms with E-state index in [2.05, 4.69) is 11.9 Å². The first-order valence-corrected chi connectivity index (χ1v) is 5.98. The number of nitrogens with two attached hydrogens (primary N) is 1. The first kappa shape index (κ1) is 12.2. The maximum Gasteiger partial charge on any atom is 0.253 e. The van der Waals surface area contributed by atoms with E-state index in [4.69, 9.17) is 17.3 Å². The van der Waals surface area contributed by atoms with Gasteiger partial charge in [0.1, 0.15) is 0 Å². The predicted octanol–water partition coefficient (Wildman–Crippen LogP) is 1.31. The zero-order valence-corrected chi connectivity index (χ0v) is 10.6. The van der Waals surface area contributed by atoms with Crippen LogP contribution < -0.4 is 5.73 Å². The third kappa shape index (κ3) is 2.70. The summed E-state index contributed by atoms with van der Waals surface area (Å²) in [5.74, 6) is 0.0278. The standard InChI is InChI=1S/C12H16ClN3O/c1-15-4-6-16(7-5-15)12(17)9-2-3-11(14)10(13)8-9/h2-3,8H,4-7,14H2,1H3. The van der Waals surface area contributed by atoms with Gasteiger partial charge in [-0.1, -0.05) is 11.6 Å². The van der Waals surface area contributed by atoms with Crippen LogP contribution in [0, 0.1) is 0 Å². The summed E-state index contributed by atoms with van der Waals surface area (Å²) in [4.78, 5) is 16.2. The van der Waals surface area contributed by atoms with Crippen LogP contribution in [0.4, 0.5) is 5.69 Å². The second kappa shape index (κ2) is 4.94. The molecule has 1 aromatic carbocycles. The van der Waals surface area contributed by atoms with Gasteiger partial charge in [0.15, 0.2) is 0 Å². The number of carbonyl (C=O) groups excluding carboxylic acids is 1. The van der Waals surface area contributed by atoms with Crippen molar-refractivity contribution < 1.29 is 4.79 Å². The average Bonchev–Trinajstić information content (AvgIpc) is 2.33. The Bertz CT molecular complexity index is 428. The number of rotatable bonds is 1. The van der Waals surface area contributed by atoms with Crippen LogP contribution in [-0.4, -0.2) is 48.9 Å². The number of hydrogen-bond donors (Lipinski definition) is 1. The number of carbonyl (C=O) groups is 1. The van der Waals surface area contributed by atoms with E-state index in [1.807, 2.05) is 4.90 Å². The highest BCUT2D eigenvalue weighted by Crippen LogP contribution is 2.20. The third-order valence-corrected chi connectivity index (χ3v) is 3.37. The fourth-order valence-electron chi connectivity index (χ4n) is 1.85. The van der Waals surface area contributed by atoms with Crippen LogP contribution in [0.15, 0.2) is 18.2 Å². The molecule has 0 radical (unpaired) electrons. The van der Waals surface area contributed by atoms with Gasteiger partial charge in [0.05, 0.1) is 10.7 Å². The van der Waals surface area contributed by atoms with Crippen LogP contribution in [-0.2, 0) is 0 Å². The molecule has 17 heavy (non-hydrogen) atoms. The molecule has 1 aliphatic rings. The van der Waals surface area contributed by atoms with Crippen LogP contribution in [0.25, 0.3) is 0 Å². The summed E-state index contributed by atoms with van der Waals surface area (Å²) in [6.45, 7) is 3.34. The number of hydrogen-bond acceptors (Lipinski definition) is 3. The van der Waals surface area contributed by atoms with Crippen molar-refractivity contribution in [2.75, 3.05) is 39.0 Å². The van der Waals surface area contributed by atoms with Crippen molar-refractivity contribution in [3.8, 4) is 0 Å². The average molecular weight is 254 g/mol. The van der Waals surface area contributed by atoms with Crippen molar-refractivity contribution in [1.29, 1.82) is 0 Å². The smallest absolute Gasteiger partial charge is 0.253 e.